The Hall–Kier alpha value is -4.25. The van der Waals surface area contributed by atoms with Gasteiger partial charge in [-0.05, 0) is 42.3 Å². The van der Waals surface area contributed by atoms with Crippen molar-refractivity contribution in [3.8, 4) is 24.4 Å². The molecule has 4 aliphatic heterocycles. The van der Waals surface area contributed by atoms with E-state index in [2.05, 4.69) is 73.2 Å². The van der Waals surface area contributed by atoms with Crippen molar-refractivity contribution >= 4 is 6.09 Å². The van der Waals surface area contributed by atoms with Crippen LogP contribution >= 0.6 is 0 Å². The van der Waals surface area contributed by atoms with E-state index in [4.69, 9.17) is 25.8 Å². The Kier molecular flexibility index (Phi) is 15.4. The van der Waals surface area contributed by atoms with E-state index < -0.39 is 0 Å². The number of carbonyl (C=O) groups excluding carboxylic acids is 1. The van der Waals surface area contributed by atoms with Crippen LogP contribution in [0.15, 0.2) is 60.7 Å². The smallest absolute Gasteiger partial charge is 0.410 e. The maximum Gasteiger partial charge on any atom is 0.410 e. The van der Waals surface area contributed by atoms with E-state index in [9.17, 15) is 4.79 Å². The first-order valence-corrected chi connectivity index (χ1v) is 15.3. The second-order valence-electron chi connectivity index (χ2n) is 11.7. The Morgan fingerprint density at radius 3 is 1.85 bits per heavy atom. The average molecular weight is 657 g/mol. The van der Waals surface area contributed by atoms with Crippen molar-refractivity contribution in [2.45, 2.75) is 50.9 Å². The minimum absolute atomic E-state index is 0.0530. The molecule has 0 aromatic heterocycles. The number of hydrogen-bond donors (Lipinski definition) is 6. The summed E-state index contributed by atoms with van der Waals surface area (Å²) >= 11 is 0. The number of nitrogens with zero attached hydrogens (tertiary/aromatic N) is 2. The maximum atomic E-state index is 12.7. The fourth-order valence-electron chi connectivity index (χ4n) is 6.28. The zero-order valence-corrected chi connectivity index (χ0v) is 26.6. The number of ether oxygens (including phenoxy) is 1. The third kappa shape index (κ3) is 10.6. The number of hydrogen-bond acceptors (Lipinski definition) is 13. The molecule has 0 unspecified atom stereocenters. The molecular weight excluding hydrogens is 612 g/mol. The second-order valence-corrected chi connectivity index (χ2v) is 11.7. The van der Waals surface area contributed by atoms with E-state index in [0.29, 0.717) is 18.1 Å². The minimum Gasteiger partial charge on any atom is -0.445 e. The molecule has 4 fully saturated rings. The summed E-state index contributed by atoms with van der Waals surface area (Å²) in [5.74, 6) is 1.42. The van der Waals surface area contributed by atoms with Crippen LogP contribution < -0.4 is 10.6 Å². The Morgan fingerprint density at radius 1 is 0.851 bits per heavy atom. The molecule has 4 aliphatic rings. The van der Waals surface area contributed by atoms with E-state index >= 15 is 0 Å². The fourth-order valence-corrected chi connectivity index (χ4v) is 6.28. The molecule has 4 heterocycles. The topological polar surface area (TPSA) is 175 Å². The normalized spacial score (nSPS) is 24.8. The number of benzene rings is 2. The van der Waals surface area contributed by atoms with Crippen LogP contribution in [0, 0.1) is 36.3 Å². The largest absolute Gasteiger partial charge is 0.445 e. The summed E-state index contributed by atoms with van der Waals surface area (Å²) in [6.07, 6.45) is 8.31. The predicted molar refractivity (Wildman–Crippen MR) is 169 cm³/mol. The molecule has 256 valence electrons. The lowest BCUT2D eigenvalue weighted by molar-refractivity contribution is -0.188. The molecular formula is C33H44N4O10. The predicted octanol–water partition coefficient (Wildman–Crippen LogP) is 3.65. The first kappa shape index (κ1) is 37.2. The van der Waals surface area contributed by atoms with Crippen LogP contribution in [0.25, 0.3) is 0 Å². The Morgan fingerprint density at radius 2 is 1.43 bits per heavy atom. The molecule has 0 aliphatic carbocycles. The molecule has 2 aromatic carbocycles. The van der Waals surface area contributed by atoms with Gasteiger partial charge < -0.3 is 20.3 Å². The number of carbonyl (C=O) groups is 1. The quantitative estimate of drug-likeness (QED) is 0.160. The summed E-state index contributed by atoms with van der Waals surface area (Å²) in [6, 6.07) is 20.4. The molecule has 0 radical (unpaired) electrons. The van der Waals surface area contributed by atoms with E-state index in [1.54, 1.807) is 0 Å². The van der Waals surface area contributed by atoms with E-state index in [1.807, 2.05) is 41.3 Å². The van der Waals surface area contributed by atoms with Crippen LogP contribution in [-0.2, 0) is 37.4 Å². The van der Waals surface area contributed by atoms with Crippen molar-refractivity contribution < 1.29 is 50.1 Å². The number of nitrogens with one attached hydrogen (secondary N) is 2. The van der Waals surface area contributed by atoms with Gasteiger partial charge in [0, 0.05) is 44.8 Å². The van der Waals surface area contributed by atoms with Gasteiger partial charge in [-0.25, -0.2) is 4.79 Å². The number of rotatable bonds is 4. The zero-order valence-electron chi connectivity index (χ0n) is 26.6. The molecule has 1 amide bonds. The van der Waals surface area contributed by atoms with Gasteiger partial charge in [-0.1, -0.05) is 74.5 Å². The minimum atomic E-state index is -0.173. The molecule has 0 saturated carbocycles. The third-order valence-corrected chi connectivity index (χ3v) is 9.10. The Labute approximate surface area is 274 Å². The molecule has 4 atom stereocenters. The van der Waals surface area contributed by atoms with E-state index in [0.717, 1.165) is 44.1 Å². The molecule has 4 saturated heterocycles. The van der Waals surface area contributed by atoms with Crippen molar-refractivity contribution in [2.24, 2.45) is 11.8 Å². The SMILES string of the molecule is C[C@H]1CN(C(=O)OCc2ccccc2)[C@]12CCN(Cc1ccccc1)C2.C[C@H]1CN[C@]12CCNC2.OOC#COO.OOC#COO. The monoisotopic (exact) mass is 656 g/mol. The van der Waals surface area contributed by atoms with Crippen LogP contribution in [-0.4, -0.2) is 87.3 Å². The average Bonchev–Trinajstić information content (AvgIpc) is 3.80. The highest BCUT2D eigenvalue weighted by atomic mass is 17.1. The highest BCUT2D eigenvalue weighted by molar-refractivity contribution is 5.70. The highest BCUT2D eigenvalue weighted by Crippen LogP contribution is 2.44. The molecule has 6 rings (SSSR count). The Bertz CT molecular complexity index is 1290. The van der Waals surface area contributed by atoms with Crippen LogP contribution in [0.3, 0.4) is 0 Å². The fraction of sp³-hybridized carbons (Fsp3) is 0.485. The van der Waals surface area contributed by atoms with Gasteiger partial charge in [0.05, 0.1) is 5.54 Å². The molecule has 14 heteroatoms. The first-order valence-electron chi connectivity index (χ1n) is 15.3. The van der Waals surface area contributed by atoms with Gasteiger partial charge in [-0.15, -0.1) is 0 Å². The van der Waals surface area contributed by atoms with Gasteiger partial charge in [0.15, 0.2) is 0 Å². The van der Waals surface area contributed by atoms with Gasteiger partial charge >= 0.3 is 6.09 Å². The van der Waals surface area contributed by atoms with Gasteiger partial charge in [-0.3, -0.25) is 24.5 Å². The van der Waals surface area contributed by atoms with Crippen LogP contribution in [0.1, 0.15) is 37.8 Å². The summed E-state index contributed by atoms with van der Waals surface area (Å²) in [7, 11) is 0. The first-order chi connectivity index (χ1) is 22.8. The third-order valence-electron chi connectivity index (χ3n) is 9.10. The van der Waals surface area contributed by atoms with Crippen LogP contribution in [0.4, 0.5) is 4.79 Å². The van der Waals surface area contributed by atoms with E-state index in [-0.39, 0.29) is 11.6 Å². The molecule has 2 aromatic rings. The summed E-state index contributed by atoms with van der Waals surface area (Å²) in [5.41, 5.74) is 2.82. The lowest BCUT2D eigenvalue weighted by atomic mass is 9.74. The molecule has 2 spiro atoms. The van der Waals surface area contributed by atoms with Gasteiger partial charge in [0.2, 0.25) is 24.4 Å². The van der Waals surface area contributed by atoms with Gasteiger partial charge in [-0.2, -0.15) is 21.0 Å². The van der Waals surface area contributed by atoms with Crippen molar-refractivity contribution in [3.05, 3.63) is 71.8 Å². The lowest BCUT2D eigenvalue weighted by Crippen LogP contribution is -2.69. The molecule has 0 bridgehead atoms. The summed E-state index contributed by atoms with van der Waals surface area (Å²) in [4.78, 5) is 29.6. The van der Waals surface area contributed by atoms with Crippen molar-refractivity contribution in [2.75, 3.05) is 39.3 Å². The van der Waals surface area contributed by atoms with Crippen molar-refractivity contribution in [1.29, 1.82) is 0 Å². The summed E-state index contributed by atoms with van der Waals surface area (Å²) < 4.78 is 5.59. The van der Waals surface area contributed by atoms with Crippen LogP contribution in [0.5, 0.6) is 0 Å². The number of likely N-dealkylation sites (tertiary alicyclic amines) is 2. The van der Waals surface area contributed by atoms with Gasteiger partial charge in [0.25, 0.3) is 0 Å². The van der Waals surface area contributed by atoms with E-state index in [1.165, 1.54) is 56.0 Å². The maximum absolute atomic E-state index is 12.7. The highest BCUT2D eigenvalue weighted by Gasteiger charge is 2.57. The molecule has 6 N–H and O–H groups in total. The molecule has 14 nitrogen and oxygen atoms in total. The summed E-state index contributed by atoms with van der Waals surface area (Å²) in [5, 5.41) is 36.2. The number of amides is 1. The summed E-state index contributed by atoms with van der Waals surface area (Å²) in [6.45, 7) is 12.3. The van der Waals surface area contributed by atoms with Crippen LogP contribution in [0.2, 0.25) is 0 Å². The second kappa shape index (κ2) is 19.4. The lowest BCUT2D eigenvalue weighted by Gasteiger charge is -2.55. The zero-order chi connectivity index (χ0) is 34.0. The molecule has 47 heavy (non-hydrogen) atoms. The van der Waals surface area contributed by atoms with Crippen molar-refractivity contribution in [3.63, 3.8) is 0 Å². The Balaban J connectivity index is 0.000000231. The van der Waals surface area contributed by atoms with Crippen molar-refractivity contribution in [1.82, 2.24) is 20.4 Å². The van der Waals surface area contributed by atoms with Gasteiger partial charge in [0.1, 0.15) is 6.61 Å². The standard InChI is InChI=1S/C22H26N2O2.C7H14N2.2C2H2O4/c1-18-14-24(21(25)26-16-20-10-6-3-7-11-20)22(18)12-13-23(17-22)15-19-8-4-2-5-9-19;1-6-4-9-7(6)2-3-8-5-7;2*3-5-1-2-6-4/h2-11,18H,12-17H2,1H3;6,8-9H,2-5H2,1H3;2*3-4H/t18-,22-;6-,7-;;/m00../s1.